The highest BCUT2D eigenvalue weighted by Crippen LogP contribution is 2.17. The topological polar surface area (TPSA) is 61.5 Å². The fourth-order valence-corrected chi connectivity index (χ4v) is 2.10. The second-order valence-corrected chi connectivity index (χ2v) is 4.77. The molecule has 4 heteroatoms. The molecular weight excluding hydrogens is 266 g/mol. The maximum Gasteiger partial charge on any atom is 0.340 e. The molecule has 2 aromatic carbocycles. The van der Waals surface area contributed by atoms with Gasteiger partial charge in [-0.25, -0.2) is 4.79 Å². The van der Waals surface area contributed by atoms with E-state index in [1.165, 1.54) is 0 Å². The van der Waals surface area contributed by atoms with Crippen LogP contribution < -0.4 is 10.5 Å². The molecule has 0 aliphatic heterocycles. The van der Waals surface area contributed by atoms with Gasteiger partial charge in [0.15, 0.2) is 0 Å². The molecule has 0 aromatic heterocycles. The Morgan fingerprint density at radius 3 is 2.48 bits per heavy atom. The minimum atomic E-state index is -0.376. The Bertz CT molecular complexity index is 600. The second-order valence-electron chi connectivity index (χ2n) is 4.77. The number of esters is 1. The number of ether oxygens (including phenoxy) is 2. The van der Waals surface area contributed by atoms with Crippen LogP contribution in [-0.4, -0.2) is 19.7 Å². The van der Waals surface area contributed by atoms with Gasteiger partial charge < -0.3 is 15.2 Å². The molecule has 2 aromatic rings. The van der Waals surface area contributed by atoms with E-state index < -0.39 is 0 Å². The van der Waals surface area contributed by atoms with Crippen LogP contribution in [0.15, 0.2) is 42.5 Å². The number of carbonyl (C=O) groups excluding carboxylic acids is 1. The van der Waals surface area contributed by atoms with Crippen LogP contribution in [0.25, 0.3) is 0 Å². The van der Waals surface area contributed by atoms with E-state index in [0.717, 1.165) is 16.9 Å². The van der Waals surface area contributed by atoms with Crippen molar-refractivity contribution in [3.63, 3.8) is 0 Å². The molecule has 2 N–H and O–H groups in total. The molecule has 2 rings (SSSR count). The van der Waals surface area contributed by atoms with Crippen LogP contribution >= 0.6 is 0 Å². The van der Waals surface area contributed by atoms with E-state index in [1.807, 2.05) is 43.3 Å². The predicted molar refractivity (Wildman–Crippen MR) is 82.6 cm³/mol. The van der Waals surface area contributed by atoms with E-state index in [2.05, 4.69) is 0 Å². The first-order valence-corrected chi connectivity index (χ1v) is 6.77. The van der Waals surface area contributed by atoms with E-state index in [-0.39, 0.29) is 5.97 Å². The molecule has 0 unspecified atom stereocenters. The summed E-state index contributed by atoms with van der Waals surface area (Å²) in [5.41, 5.74) is 8.63. The Morgan fingerprint density at radius 2 is 1.86 bits per heavy atom. The van der Waals surface area contributed by atoms with Gasteiger partial charge in [-0.2, -0.15) is 0 Å². The third-order valence-corrected chi connectivity index (χ3v) is 3.29. The standard InChI is InChI=1S/C17H19NO3/c1-12-4-3-5-15(18)16(12)17(19)21-11-10-13-6-8-14(20-2)9-7-13/h3-9H,10-11,18H2,1-2H3. The molecular formula is C17H19NO3. The third-order valence-electron chi connectivity index (χ3n) is 3.29. The highest BCUT2D eigenvalue weighted by molar-refractivity contribution is 5.96. The lowest BCUT2D eigenvalue weighted by Crippen LogP contribution is -2.12. The van der Waals surface area contributed by atoms with Crippen LogP contribution in [0.4, 0.5) is 5.69 Å². The number of methoxy groups -OCH3 is 1. The van der Waals surface area contributed by atoms with Crippen LogP contribution in [0.3, 0.4) is 0 Å². The fourth-order valence-electron chi connectivity index (χ4n) is 2.10. The van der Waals surface area contributed by atoms with Gasteiger partial charge in [-0.15, -0.1) is 0 Å². The van der Waals surface area contributed by atoms with Crippen LogP contribution in [0.5, 0.6) is 5.75 Å². The van der Waals surface area contributed by atoms with E-state index >= 15 is 0 Å². The summed E-state index contributed by atoms with van der Waals surface area (Å²) in [5, 5.41) is 0. The van der Waals surface area contributed by atoms with Crippen molar-refractivity contribution >= 4 is 11.7 Å². The number of hydrogen-bond donors (Lipinski definition) is 1. The minimum Gasteiger partial charge on any atom is -0.497 e. The van der Waals surface area contributed by atoms with Crippen molar-refractivity contribution in [3.05, 3.63) is 59.2 Å². The maximum atomic E-state index is 12.1. The molecule has 0 heterocycles. The van der Waals surface area contributed by atoms with E-state index in [4.69, 9.17) is 15.2 Å². The van der Waals surface area contributed by atoms with Crippen molar-refractivity contribution in [1.29, 1.82) is 0 Å². The average molecular weight is 285 g/mol. The number of anilines is 1. The number of carbonyl (C=O) groups is 1. The van der Waals surface area contributed by atoms with E-state index in [9.17, 15) is 4.79 Å². The van der Waals surface area contributed by atoms with Crippen molar-refractivity contribution < 1.29 is 14.3 Å². The molecule has 0 radical (unpaired) electrons. The van der Waals surface area contributed by atoms with Gasteiger partial charge in [0.2, 0.25) is 0 Å². The van der Waals surface area contributed by atoms with Crippen LogP contribution in [-0.2, 0) is 11.2 Å². The van der Waals surface area contributed by atoms with Crippen LogP contribution in [0.2, 0.25) is 0 Å². The second kappa shape index (κ2) is 6.79. The van der Waals surface area contributed by atoms with Gasteiger partial charge in [-0.3, -0.25) is 0 Å². The minimum absolute atomic E-state index is 0.318. The van der Waals surface area contributed by atoms with Crippen LogP contribution in [0.1, 0.15) is 21.5 Å². The summed E-state index contributed by atoms with van der Waals surface area (Å²) in [7, 11) is 1.63. The summed E-state index contributed by atoms with van der Waals surface area (Å²) in [6, 6.07) is 13.0. The quantitative estimate of drug-likeness (QED) is 0.677. The van der Waals surface area contributed by atoms with Gasteiger partial charge in [-0.1, -0.05) is 24.3 Å². The average Bonchev–Trinajstić information content (AvgIpc) is 2.48. The highest BCUT2D eigenvalue weighted by atomic mass is 16.5. The Labute approximate surface area is 124 Å². The Balaban J connectivity index is 1.92. The van der Waals surface area contributed by atoms with Gasteiger partial charge in [0.1, 0.15) is 5.75 Å². The van der Waals surface area contributed by atoms with Gasteiger partial charge >= 0.3 is 5.97 Å². The molecule has 110 valence electrons. The van der Waals surface area contributed by atoms with Crippen molar-refractivity contribution in [2.75, 3.05) is 19.5 Å². The fraction of sp³-hybridized carbons (Fsp3) is 0.235. The maximum absolute atomic E-state index is 12.1. The van der Waals surface area contributed by atoms with Gasteiger partial charge in [-0.05, 0) is 36.2 Å². The predicted octanol–water partition coefficient (Wildman–Crippen LogP) is 2.99. The molecule has 0 fully saturated rings. The molecule has 0 bridgehead atoms. The lowest BCUT2D eigenvalue weighted by molar-refractivity contribution is 0.0509. The molecule has 0 saturated carbocycles. The summed E-state index contributed by atoms with van der Waals surface area (Å²) < 4.78 is 10.4. The largest absolute Gasteiger partial charge is 0.497 e. The third kappa shape index (κ3) is 3.75. The number of hydrogen-bond acceptors (Lipinski definition) is 4. The van der Waals surface area contributed by atoms with E-state index in [0.29, 0.717) is 24.3 Å². The molecule has 0 spiro atoms. The monoisotopic (exact) mass is 285 g/mol. The lowest BCUT2D eigenvalue weighted by atomic mass is 10.1. The molecule has 0 amide bonds. The normalized spacial score (nSPS) is 10.2. The Kier molecular flexibility index (Phi) is 4.82. The Hall–Kier alpha value is -2.49. The zero-order chi connectivity index (χ0) is 15.2. The number of rotatable bonds is 5. The summed E-state index contributed by atoms with van der Waals surface area (Å²) >= 11 is 0. The number of benzene rings is 2. The molecule has 0 atom stereocenters. The van der Waals surface area contributed by atoms with E-state index in [1.54, 1.807) is 13.2 Å². The van der Waals surface area contributed by atoms with Gasteiger partial charge in [0.25, 0.3) is 0 Å². The number of aryl methyl sites for hydroxylation is 1. The van der Waals surface area contributed by atoms with Crippen molar-refractivity contribution in [3.8, 4) is 5.75 Å². The first-order chi connectivity index (χ1) is 10.1. The molecule has 0 aliphatic carbocycles. The van der Waals surface area contributed by atoms with Crippen molar-refractivity contribution in [1.82, 2.24) is 0 Å². The number of nitrogens with two attached hydrogens (primary N) is 1. The van der Waals surface area contributed by atoms with Crippen molar-refractivity contribution in [2.45, 2.75) is 13.3 Å². The first kappa shape index (κ1) is 14.9. The molecule has 21 heavy (non-hydrogen) atoms. The SMILES string of the molecule is COc1ccc(CCOC(=O)c2c(C)cccc2N)cc1. The zero-order valence-corrected chi connectivity index (χ0v) is 12.3. The van der Waals surface area contributed by atoms with Gasteiger partial charge in [0.05, 0.1) is 19.3 Å². The highest BCUT2D eigenvalue weighted by Gasteiger charge is 2.13. The van der Waals surface area contributed by atoms with Gasteiger partial charge in [0, 0.05) is 12.1 Å². The molecule has 4 nitrogen and oxygen atoms in total. The lowest BCUT2D eigenvalue weighted by Gasteiger charge is -2.09. The molecule has 0 saturated heterocycles. The zero-order valence-electron chi connectivity index (χ0n) is 12.3. The summed E-state index contributed by atoms with van der Waals surface area (Å²) in [6.45, 7) is 2.16. The summed E-state index contributed by atoms with van der Waals surface area (Å²) in [5.74, 6) is 0.433. The number of nitrogen functional groups attached to an aromatic ring is 1. The first-order valence-electron chi connectivity index (χ1n) is 6.77. The smallest absolute Gasteiger partial charge is 0.340 e. The summed E-state index contributed by atoms with van der Waals surface area (Å²) in [6.07, 6.45) is 0.654. The Morgan fingerprint density at radius 1 is 1.14 bits per heavy atom. The summed E-state index contributed by atoms with van der Waals surface area (Å²) in [4.78, 5) is 12.1. The van der Waals surface area contributed by atoms with Crippen molar-refractivity contribution in [2.24, 2.45) is 0 Å². The molecule has 0 aliphatic rings. The van der Waals surface area contributed by atoms with Crippen LogP contribution in [0, 0.1) is 6.92 Å².